The molecule has 1 heterocycles. The summed E-state index contributed by atoms with van der Waals surface area (Å²) in [6.45, 7) is 3.36. The second-order valence-electron chi connectivity index (χ2n) is 11.5. The molecule has 7 nitrogen and oxygen atoms in total. The van der Waals surface area contributed by atoms with Crippen LogP contribution in [-0.2, 0) is 11.1 Å². The zero-order valence-electron chi connectivity index (χ0n) is 26.9. The van der Waals surface area contributed by atoms with Crippen LogP contribution in [0.15, 0.2) is 85.1 Å². The SMILES string of the molecule is CCCCCCCCCCCCCCOc1cccc(OP(=O)(O)Oc2cccc(C[n+]3cccc4ccccc43)c2)c1OC. The Kier molecular flexibility index (Phi) is 14.1. The molecule has 1 aromatic heterocycles. The molecule has 0 radical (unpaired) electrons. The minimum atomic E-state index is -4.54. The first-order valence-corrected chi connectivity index (χ1v) is 18.0. The molecular weight excluding hydrogens is 585 g/mol. The van der Waals surface area contributed by atoms with Crippen molar-refractivity contribution in [2.24, 2.45) is 0 Å². The molecule has 45 heavy (non-hydrogen) atoms. The lowest BCUT2D eigenvalue weighted by Crippen LogP contribution is -2.34. The van der Waals surface area contributed by atoms with E-state index in [1.807, 2.05) is 30.5 Å². The lowest BCUT2D eigenvalue weighted by Gasteiger charge is -2.18. The lowest BCUT2D eigenvalue weighted by molar-refractivity contribution is -0.662. The number of fused-ring (bicyclic) bond motifs is 1. The fourth-order valence-corrected chi connectivity index (χ4v) is 6.35. The van der Waals surface area contributed by atoms with E-state index in [1.165, 1.54) is 71.3 Å². The molecule has 1 N–H and O–H groups in total. The van der Waals surface area contributed by atoms with E-state index in [2.05, 4.69) is 29.7 Å². The van der Waals surface area contributed by atoms with E-state index in [4.69, 9.17) is 18.5 Å². The van der Waals surface area contributed by atoms with Crippen molar-refractivity contribution in [2.75, 3.05) is 13.7 Å². The summed E-state index contributed by atoms with van der Waals surface area (Å²) in [5.41, 5.74) is 2.01. The van der Waals surface area contributed by atoms with E-state index in [-0.39, 0.29) is 17.2 Å². The molecule has 242 valence electrons. The number of para-hydroxylation sites is 2. The number of nitrogens with zero attached hydrogens (tertiary/aromatic N) is 1. The zero-order chi connectivity index (χ0) is 31.7. The van der Waals surface area contributed by atoms with Crippen molar-refractivity contribution < 1.29 is 32.5 Å². The maximum absolute atomic E-state index is 13.1. The van der Waals surface area contributed by atoms with Gasteiger partial charge in [0.1, 0.15) is 5.75 Å². The number of benzene rings is 3. The van der Waals surface area contributed by atoms with Crippen LogP contribution in [0.25, 0.3) is 10.9 Å². The predicted octanol–water partition coefficient (Wildman–Crippen LogP) is 9.82. The number of rotatable bonds is 21. The number of unbranched alkanes of at least 4 members (excludes halogenated alkanes) is 11. The number of aromatic nitrogens is 1. The van der Waals surface area contributed by atoms with Crippen molar-refractivity contribution in [1.29, 1.82) is 0 Å². The van der Waals surface area contributed by atoms with Crippen molar-refractivity contribution in [2.45, 2.75) is 90.5 Å². The van der Waals surface area contributed by atoms with Crippen LogP contribution < -0.4 is 23.1 Å². The molecule has 8 heteroatoms. The molecule has 4 rings (SSSR count). The molecule has 0 fully saturated rings. The van der Waals surface area contributed by atoms with Gasteiger partial charge in [-0.15, -0.1) is 0 Å². The average molecular weight is 635 g/mol. The maximum Gasteiger partial charge on any atom is 0.585 e. The highest BCUT2D eigenvalue weighted by Crippen LogP contribution is 2.49. The molecule has 0 spiro atoms. The topological polar surface area (TPSA) is 78.1 Å². The minimum absolute atomic E-state index is 0.0815. The van der Waals surface area contributed by atoms with Crippen molar-refractivity contribution in [3.8, 4) is 23.0 Å². The van der Waals surface area contributed by atoms with Gasteiger partial charge < -0.3 is 18.5 Å². The number of methoxy groups -OCH3 is 1. The van der Waals surface area contributed by atoms with E-state index in [9.17, 15) is 9.46 Å². The Hall–Kier alpha value is -3.54. The zero-order valence-corrected chi connectivity index (χ0v) is 27.8. The molecule has 1 atom stereocenters. The fraction of sp³-hybridized carbons (Fsp3) is 0.432. The third-order valence-electron chi connectivity index (χ3n) is 7.88. The molecule has 0 saturated carbocycles. The number of hydrogen-bond acceptors (Lipinski definition) is 5. The first-order chi connectivity index (χ1) is 22.0. The minimum Gasteiger partial charge on any atom is -0.490 e. The molecular formula is C37H49NO6P+. The Bertz CT molecular complexity index is 1500. The number of ether oxygens (including phenoxy) is 2. The van der Waals surface area contributed by atoms with Gasteiger partial charge in [-0.3, -0.25) is 4.89 Å². The van der Waals surface area contributed by atoms with Crippen molar-refractivity contribution in [3.63, 3.8) is 0 Å². The highest BCUT2D eigenvalue weighted by molar-refractivity contribution is 7.48. The molecule has 0 amide bonds. The van der Waals surface area contributed by atoms with Gasteiger partial charge in [-0.1, -0.05) is 108 Å². The van der Waals surface area contributed by atoms with E-state index in [0.29, 0.717) is 18.9 Å². The molecule has 4 aromatic rings. The number of phosphoric ester groups is 1. The van der Waals surface area contributed by atoms with Crippen LogP contribution in [0.1, 0.15) is 89.5 Å². The lowest BCUT2D eigenvalue weighted by atomic mass is 10.1. The Morgan fingerprint density at radius 2 is 1.36 bits per heavy atom. The van der Waals surface area contributed by atoms with Crippen molar-refractivity contribution in [3.05, 3.63) is 90.6 Å². The van der Waals surface area contributed by atoms with E-state index in [0.717, 1.165) is 29.3 Å². The van der Waals surface area contributed by atoms with Gasteiger partial charge in [0.05, 0.1) is 13.7 Å². The van der Waals surface area contributed by atoms with Crippen LogP contribution in [0.4, 0.5) is 0 Å². The van der Waals surface area contributed by atoms with Crippen LogP contribution in [0, 0.1) is 0 Å². The van der Waals surface area contributed by atoms with Crippen LogP contribution in [-0.4, -0.2) is 18.6 Å². The second kappa shape index (κ2) is 18.4. The quantitative estimate of drug-likeness (QED) is 0.0559. The van der Waals surface area contributed by atoms with Gasteiger partial charge >= 0.3 is 7.82 Å². The highest BCUT2D eigenvalue weighted by Gasteiger charge is 2.28. The Morgan fingerprint density at radius 1 is 0.711 bits per heavy atom. The van der Waals surface area contributed by atoms with Gasteiger partial charge in [0.15, 0.2) is 24.2 Å². The first-order valence-electron chi connectivity index (χ1n) is 16.5. The molecule has 0 aliphatic carbocycles. The van der Waals surface area contributed by atoms with Crippen LogP contribution >= 0.6 is 7.82 Å². The van der Waals surface area contributed by atoms with Crippen molar-refractivity contribution in [1.82, 2.24) is 0 Å². The van der Waals surface area contributed by atoms with Gasteiger partial charge in [-0.05, 0) is 42.8 Å². The summed E-state index contributed by atoms with van der Waals surface area (Å²) in [6.07, 6.45) is 17.3. The third-order valence-corrected chi connectivity index (χ3v) is 8.75. The standard InChI is InChI=1S/C37H48NO6P/c1-3-4-5-6-7-8-9-10-11-12-13-16-28-42-35-25-18-26-36(37(35)41-2)44-45(39,40)43-33-23-17-20-31(29-33)30-38-27-19-22-32-21-14-15-24-34(32)38/h14-15,17-27,29H,3-13,16,28,30H2,1-2H3/p+1. The summed E-state index contributed by atoms with van der Waals surface area (Å²) in [4.78, 5) is 10.7. The smallest absolute Gasteiger partial charge is 0.490 e. The third kappa shape index (κ3) is 11.4. The molecule has 0 saturated heterocycles. The second-order valence-corrected chi connectivity index (χ2v) is 12.8. The van der Waals surface area contributed by atoms with E-state index in [1.54, 1.807) is 36.4 Å². The Balaban J connectivity index is 1.24. The summed E-state index contributed by atoms with van der Waals surface area (Å²) in [7, 11) is -3.06. The molecule has 0 bridgehead atoms. The van der Waals surface area contributed by atoms with Crippen molar-refractivity contribution >= 4 is 18.7 Å². The fourth-order valence-electron chi connectivity index (χ4n) is 5.54. The van der Waals surface area contributed by atoms with Crippen LogP contribution in [0.3, 0.4) is 0 Å². The summed E-state index contributed by atoms with van der Waals surface area (Å²) in [5.74, 6) is 1.04. The Labute approximate surface area is 268 Å². The molecule has 0 aliphatic rings. The summed E-state index contributed by atoms with van der Waals surface area (Å²) in [6, 6.07) is 24.4. The average Bonchev–Trinajstić information content (AvgIpc) is 3.03. The van der Waals surface area contributed by atoms with Gasteiger partial charge in [0.25, 0.3) is 0 Å². The largest absolute Gasteiger partial charge is 0.585 e. The summed E-state index contributed by atoms with van der Waals surface area (Å²) < 4.78 is 37.6. The van der Waals surface area contributed by atoms with Crippen LogP contribution in [0.5, 0.6) is 23.0 Å². The first kappa shape index (κ1) is 34.3. The predicted molar refractivity (Wildman–Crippen MR) is 180 cm³/mol. The highest BCUT2D eigenvalue weighted by atomic mass is 31.2. The van der Waals surface area contributed by atoms with Crippen LogP contribution in [0.2, 0.25) is 0 Å². The summed E-state index contributed by atoms with van der Waals surface area (Å²) >= 11 is 0. The molecule has 3 aromatic carbocycles. The maximum atomic E-state index is 13.1. The normalized spacial score (nSPS) is 12.5. The monoisotopic (exact) mass is 634 g/mol. The van der Waals surface area contributed by atoms with Gasteiger partial charge in [-0.25, -0.2) is 4.57 Å². The Morgan fingerprint density at radius 3 is 2.09 bits per heavy atom. The number of hydrogen-bond donors (Lipinski definition) is 1. The van der Waals surface area contributed by atoms with E-state index < -0.39 is 7.82 Å². The van der Waals surface area contributed by atoms with Gasteiger partial charge in [0.2, 0.25) is 11.3 Å². The molecule has 1 unspecified atom stereocenters. The van der Waals surface area contributed by atoms with E-state index >= 15 is 0 Å². The summed E-state index contributed by atoms with van der Waals surface area (Å²) in [5, 5.41) is 1.13. The molecule has 0 aliphatic heterocycles. The van der Waals surface area contributed by atoms with Gasteiger partial charge in [0, 0.05) is 23.1 Å². The number of pyridine rings is 1. The number of phosphoric acid groups is 1. The van der Waals surface area contributed by atoms with Gasteiger partial charge in [-0.2, -0.15) is 4.57 Å².